The Balaban J connectivity index is 1.87. The first-order valence-corrected chi connectivity index (χ1v) is 6.73. The van der Waals surface area contributed by atoms with Crippen LogP contribution < -0.4 is 4.90 Å². The maximum atomic E-state index is 11.0. The summed E-state index contributed by atoms with van der Waals surface area (Å²) in [5.74, 6) is -0.354. The number of aromatic nitrogens is 3. The molecule has 1 aliphatic rings. The van der Waals surface area contributed by atoms with Crippen LogP contribution in [0.4, 0.5) is 5.82 Å². The van der Waals surface area contributed by atoms with Gasteiger partial charge >= 0.3 is 5.97 Å². The van der Waals surface area contributed by atoms with Gasteiger partial charge in [0.05, 0.1) is 12.7 Å². The molecule has 1 fully saturated rings. The van der Waals surface area contributed by atoms with E-state index in [1.165, 1.54) is 6.20 Å². The fourth-order valence-electron chi connectivity index (χ4n) is 2.49. The van der Waals surface area contributed by atoms with Gasteiger partial charge in [-0.3, -0.25) is 0 Å². The van der Waals surface area contributed by atoms with Crippen molar-refractivity contribution in [2.75, 3.05) is 24.6 Å². The standard InChI is InChI=1S/C14H16N4O3/c1-2-7-21-10-3-5-17(8-10)12-13-16-11(14(19)20)9-18(13)6-4-15-12/h2,4,6,9-10H,1,3,5,7-8H2,(H,19,20). The summed E-state index contributed by atoms with van der Waals surface area (Å²) in [7, 11) is 0. The van der Waals surface area contributed by atoms with Gasteiger partial charge in [-0.1, -0.05) is 6.08 Å². The minimum atomic E-state index is -1.04. The molecule has 1 saturated heterocycles. The SMILES string of the molecule is C=CCOC1CCN(c2nccn3cc(C(=O)O)nc23)C1. The van der Waals surface area contributed by atoms with E-state index < -0.39 is 5.97 Å². The average molecular weight is 288 g/mol. The number of carboxylic acids is 1. The number of carbonyl (C=O) groups is 1. The van der Waals surface area contributed by atoms with Crippen molar-refractivity contribution in [3.8, 4) is 0 Å². The van der Waals surface area contributed by atoms with Crippen molar-refractivity contribution in [1.82, 2.24) is 14.4 Å². The van der Waals surface area contributed by atoms with E-state index in [2.05, 4.69) is 21.4 Å². The Hall–Kier alpha value is -2.41. The second-order valence-corrected chi connectivity index (χ2v) is 4.89. The molecule has 2 aromatic heterocycles. The maximum absolute atomic E-state index is 11.0. The Kier molecular flexibility index (Phi) is 3.57. The zero-order valence-electron chi connectivity index (χ0n) is 11.5. The number of hydrogen-bond acceptors (Lipinski definition) is 5. The molecule has 0 aliphatic carbocycles. The summed E-state index contributed by atoms with van der Waals surface area (Å²) >= 11 is 0. The van der Waals surface area contributed by atoms with Gasteiger partial charge in [-0.25, -0.2) is 14.8 Å². The van der Waals surface area contributed by atoms with Crippen LogP contribution in [0.5, 0.6) is 0 Å². The minimum absolute atomic E-state index is 0.0166. The lowest BCUT2D eigenvalue weighted by Gasteiger charge is -2.17. The number of anilines is 1. The van der Waals surface area contributed by atoms with E-state index in [9.17, 15) is 4.79 Å². The van der Waals surface area contributed by atoms with Crippen LogP contribution in [0.3, 0.4) is 0 Å². The summed E-state index contributed by atoms with van der Waals surface area (Å²) in [4.78, 5) is 21.6. The van der Waals surface area contributed by atoms with Crippen molar-refractivity contribution >= 4 is 17.4 Å². The van der Waals surface area contributed by atoms with Crippen LogP contribution in [-0.2, 0) is 4.74 Å². The van der Waals surface area contributed by atoms with E-state index in [1.807, 2.05) is 0 Å². The summed E-state index contributed by atoms with van der Waals surface area (Å²) < 4.78 is 7.33. The van der Waals surface area contributed by atoms with Crippen molar-refractivity contribution in [3.63, 3.8) is 0 Å². The van der Waals surface area contributed by atoms with E-state index in [-0.39, 0.29) is 11.8 Å². The molecule has 0 spiro atoms. The number of carboxylic acid groups (broad SMARTS) is 1. The van der Waals surface area contributed by atoms with E-state index in [1.54, 1.807) is 22.9 Å². The second-order valence-electron chi connectivity index (χ2n) is 4.89. The fraction of sp³-hybridized carbons (Fsp3) is 0.357. The van der Waals surface area contributed by atoms with Gasteiger partial charge in [0.2, 0.25) is 0 Å². The molecule has 2 aromatic rings. The zero-order chi connectivity index (χ0) is 14.8. The predicted molar refractivity (Wildman–Crippen MR) is 76.7 cm³/mol. The number of hydrogen-bond donors (Lipinski definition) is 1. The Labute approximate surface area is 121 Å². The molecule has 110 valence electrons. The summed E-state index contributed by atoms with van der Waals surface area (Å²) in [5, 5.41) is 9.04. The lowest BCUT2D eigenvalue weighted by molar-refractivity contribution is 0.0691. The highest BCUT2D eigenvalue weighted by molar-refractivity contribution is 5.87. The zero-order valence-corrected chi connectivity index (χ0v) is 11.5. The Morgan fingerprint density at radius 3 is 3.24 bits per heavy atom. The minimum Gasteiger partial charge on any atom is -0.476 e. The number of imidazole rings is 1. The van der Waals surface area contributed by atoms with Crippen LogP contribution in [-0.4, -0.2) is 51.2 Å². The van der Waals surface area contributed by atoms with E-state index in [0.717, 1.165) is 19.5 Å². The van der Waals surface area contributed by atoms with Crippen molar-refractivity contribution in [3.05, 3.63) is 36.9 Å². The molecule has 1 unspecified atom stereocenters. The van der Waals surface area contributed by atoms with Gasteiger partial charge < -0.3 is 19.1 Å². The van der Waals surface area contributed by atoms with Crippen molar-refractivity contribution in [2.45, 2.75) is 12.5 Å². The van der Waals surface area contributed by atoms with Crippen LogP contribution in [0, 0.1) is 0 Å². The summed E-state index contributed by atoms with van der Waals surface area (Å²) in [6.07, 6.45) is 7.61. The molecular weight excluding hydrogens is 272 g/mol. The number of nitrogens with zero attached hydrogens (tertiary/aromatic N) is 4. The lowest BCUT2D eigenvalue weighted by Crippen LogP contribution is -2.24. The monoisotopic (exact) mass is 288 g/mol. The summed E-state index contributed by atoms with van der Waals surface area (Å²) in [5.41, 5.74) is 0.571. The van der Waals surface area contributed by atoms with Crippen LogP contribution in [0.15, 0.2) is 31.2 Å². The largest absolute Gasteiger partial charge is 0.476 e. The number of aromatic carboxylic acids is 1. The third kappa shape index (κ3) is 2.59. The molecule has 3 rings (SSSR count). The molecule has 7 nitrogen and oxygen atoms in total. The smallest absolute Gasteiger partial charge is 0.356 e. The first-order chi connectivity index (χ1) is 10.2. The molecule has 3 heterocycles. The van der Waals surface area contributed by atoms with Crippen molar-refractivity contribution < 1.29 is 14.6 Å². The predicted octanol–water partition coefficient (Wildman–Crippen LogP) is 1.21. The van der Waals surface area contributed by atoms with E-state index >= 15 is 0 Å². The van der Waals surface area contributed by atoms with E-state index in [0.29, 0.717) is 18.1 Å². The summed E-state index contributed by atoms with van der Waals surface area (Å²) in [6, 6.07) is 0. The first-order valence-electron chi connectivity index (χ1n) is 6.73. The summed E-state index contributed by atoms with van der Waals surface area (Å²) in [6.45, 7) is 5.70. The fourth-order valence-corrected chi connectivity index (χ4v) is 2.49. The normalized spacial score (nSPS) is 18.3. The van der Waals surface area contributed by atoms with E-state index in [4.69, 9.17) is 9.84 Å². The topological polar surface area (TPSA) is 80.0 Å². The highest BCUT2D eigenvalue weighted by atomic mass is 16.5. The van der Waals surface area contributed by atoms with Gasteiger partial charge in [0.15, 0.2) is 17.2 Å². The molecule has 1 N–H and O–H groups in total. The molecular formula is C14H16N4O3. The Morgan fingerprint density at radius 2 is 2.48 bits per heavy atom. The molecule has 21 heavy (non-hydrogen) atoms. The van der Waals surface area contributed by atoms with Gasteiger partial charge in [-0.05, 0) is 6.42 Å². The first kappa shape index (κ1) is 13.6. The molecule has 0 radical (unpaired) electrons. The van der Waals surface area contributed by atoms with Crippen LogP contribution in [0.25, 0.3) is 5.65 Å². The van der Waals surface area contributed by atoms with Crippen molar-refractivity contribution in [2.24, 2.45) is 0 Å². The molecule has 0 aromatic carbocycles. The number of ether oxygens (including phenoxy) is 1. The molecule has 0 amide bonds. The number of fused-ring (bicyclic) bond motifs is 1. The van der Waals surface area contributed by atoms with Gasteiger partial charge in [-0.2, -0.15) is 0 Å². The molecule has 0 bridgehead atoms. The van der Waals surface area contributed by atoms with Crippen LogP contribution in [0.2, 0.25) is 0 Å². The molecule has 0 saturated carbocycles. The van der Waals surface area contributed by atoms with Crippen LogP contribution in [0.1, 0.15) is 16.9 Å². The molecule has 1 atom stereocenters. The van der Waals surface area contributed by atoms with Crippen molar-refractivity contribution in [1.29, 1.82) is 0 Å². The average Bonchev–Trinajstić information content (AvgIpc) is 3.11. The highest BCUT2D eigenvalue weighted by Gasteiger charge is 2.26. The quantitative estimate of drug-likeness (QED) is 0.833. The maximum Gasteiger partial charge on any atom is 0.356 e. The lowest BCUT2D eigenvalue weighted by atomic mass is 10.3. The Bertz CT molecular complexity index is 682. The van der Waals surface area contributed by atoms with Gasteiger partial charge in [0.25, 0.3) is 0 Å². The molecule has 1 aliphatic heterocycles. The highest BCUT2D eigenvalue weighted by Crippen LogP contribution is 2.23. The van der Waals surface area contributed by atoms with Gasteiger partial charge in [0, 0.05) is 31.7 Å². The third-order valence-corrected chi connectivity index (χ3v) is 3.47. The third-order valence-electron chi connectivity index (χ3n) is 3.47. The second kappa shape index (κ2) is 5.53. The molecule has 7 heteroatoms. The number of rotatable bonds is 5. The van der Waals surface area contributed by atoms with Crippen LogP contribution >= 0.6 is 0 Å². The van der Waals surface area contributed by atoms with Gasteiger partial charge in [-0.15, -0.1) is 6.58 Å². The Morgan fingerprint density at radius 1 is 1.62 bits per heavy atom. The van der Waals surface area contributed by atoms with Gasteiger partial charge in [0.1, 0.15) is 0 Å².